The van der Waals surface area contributed by atoms with Gasteiger partial charge in [0.1, 0.15) is 42.0 Å². The molecule has 26 nitrogen and oxygen atoms in total. The highest BCUT2D eigenvalue weighted by atomic mass is 16.3. The summed E-state index contributed by atoms with van der Waals surface area (Å²) in [7, 11) is 2.87. The minimum atomic E-state index is -1.69. The lowest BCUT2D eigenvalue weighted by Crippen LogP contribution is -2.62. The van der Waals surface area contributed by atoms with Crippen LogP contribution in [-0.4, -0.2) is 155 Å². The summed E-state index contributed by atoms with van der Waals surface area (Å²) in [5.74, 6) is -7.79. The average Bonchev–Trinajstić information content (AvgIpc) is 3.75. The standard InChI is InChI=1S/C48H74N16O10/c1-25(2)38(62-42(70)35(55-4)23-28-24-58-31-11-7-6-10-30(28)31)44(72)63-39(26(3)65)45(73)59-32(12-8-20-56-47(51)52)41(69)60-33(18-19-37(49)67)46(74)64(5)36(13-9-21-57-48(53)54)43(71)61-34(40(50)68)22-27-14-16-29(66)17-15-27/h6-7,10-11,14-17,24-26,32-36,38-39,55,58,65-66H,8-9,12-13,18-23H2,1-5H3,(H2,49,67)(H2,50,68)(H,59,73)(H,60,69)(H,61,71)(H,62,70)(H,63,72)(H4,51,52,56)(H4,53,54,57)/t26-,32+,33+,34+,35+,36+,38+,39+/m1/s1. The van der Waals surface area contributed by atoms with Crippen LogP contribution in [0.25, 0.3) is 10.9 Å². The number of carbonyl (C=O) groups excluding carboxylic acids is 8. The number of hydrogen-bond donors (Lipinski definition) is 15. The first-order valence-electron chi connectivity index (χ1n) is 24.1. The number of carbonyl (C=O) groups is 8. The number of aromatic hydroxyl groups is 1. The number of nitrogens with two attached hydrogens (primary N) is 6. The Labute approximate surface area is 429 Å². The highest BCUT2D eigenvalue weighted by Crippen LogP contribution is 2.20. The SMILES string of the molecule is CN[C@@H](Cc1c[nH]c2ccccc12)C(=O)N[C@H](C(=O)N[C@H](C(=O)N[C@@H](CCCN=C(N)N)C(=O)N[C@@H](CCC(N)=O)C(=O)N(C)[C@@H](CCCN=C(N)N)C(=O)N[C@@H](Cc1ccc(O)cc1)C(N)=O)[C@@H](C)O)C(C)C. The Bertz CT molecular complexity index is 2450. The molecular weight excluding hydrogens is 961 g/mol. The predicted octanol–water partition coefficient (Wildman–Crippen LogP) is -3.61. The quantitative estimate of drug-likeness (QED) is 0.0168. The molecule has 8 atom stereocenters. The third kappa shape index (κ3) is 19.2. The number of phenolic OH excluding ortho intramolecular Hbond substituents is 1. The predicted molar refractivity (Wildman–Crippen MR) is 277 cm³/mol. The van der Waals surface area contributed by atoms with E-state index in [0.717, 1.165) is 21.4 Å². The molecule has 406 valence electrons. The molecule has 26 heteroatoms. The summed E-state index contributed by atoms with van der Waals surface area (Å²) in [6.45, 7) is 4.62. The number of amides is 8. The van der Waals surface area contributed by atoms with Gasteiger partial charge in [-0.1, -0.05) is 44.2 Å². The maximum Gasteiger partial charge on any atom is 0.245 e. The molecule has 0 radical (unpaired) electrons. The van der Waals surface area contributed by atoms with Gasteiger partial charge in [0.25, 0.3) is 0 Å². The van der Waals surface area contributed by atoms with Gasteiger partial charge in [0.2, 0.25) is 47.3 Å². The lowest BCUT2D eigenvalue weighted by Gasteiger charge is -2.32. The molecule has 1 heterocycles. The molecule has 0 aliphatic heterocycles. The van der Waals surface area contributed by atoms with Crippen molar-refractivity contribution in [2.75, 3.05) is 27.2 Å². The molecule has 0 spiro atoms. The molecule has 0 saturated carbocycles. The van der Waals surface area contributed by atoms with E-state index in [1.807, 2.05) is 24.3 Å². The third-order valence-electron chi connectivity index (χ3n) is 12.0. The van der Waals surface area contributed by atoms with Crippen LogP contribution < -0.4 is 66.3 Å². The minimum absolute atomic E-state index is 0.00923. The normalized spacial score (nSPS) is 14.4. The van der Waals surface area contributed by atoms with Crippen LogP contribution in [-0.2, 0) is 51.2 Å². The Morgan fingerprint density at radius 2 is 1.20 bits per heavy atom. The van der Waals surface area contributed by atoms with E-state index in [1.54, 1.807) is 27.1 Å². The number of aliphatic imine (C=N–C) groups is 2. The molecule has 1 aromatic heterocycles. The fraction of sp³-hybridized carbons (Fsp3) is 0.500. The monoisotopic (exact) mass is 1030 g/mol. The highest BCUT2D eigenvalue weighted by molar-refractivity contribution is 5.98. The Balaban J connectivity index is 1.89. The Hall–Kier alpha value is -8.00. The number of hydrogen-bond acceptors (Lipinski definition) is 13. The number of para-hydroxylation sites is 1. The van der Waals surface area contributed by atoms with Gasteiger partial charge in [-0.05, 0) is 87.7 Å². The van der Waals surface area contributed by atoms with Crippen molar-refractivity contribution in [2.24, 2.45) is 50.3 Å². The van der Waals surface area contributed by atoms with Crippen LogP contribution in [0, 0.1) is 5.92 Å². The number of phenols is 1. The molecule has 0 saturated heterocycles. The Kier molecular flexibility index (Phi) is 24.0. The smallest absolute Gasteiger partial charge is 0.245 e. The van der Waals surface area contributed by atoms with Crippen molar-refractivity contribution in [3.8, 4) is 5.75 Å². The van der Waals surface area contributed by atoms with E-state index in [2.05, 4.69) is 46.9 Å². The molecule has 2 aromatic carbocycles. The number of rotatable bonds is 31. The van der Waals surface area contributed by atoms with Gasteiger partial charge >= 0.3 is 0 Å². The van der Waals surface area contributed by atoms with Gasteiger partial charge in [-0.25, -0.2) is 0 Å². The van der Waals surface area contributed by atoms with E-state index in [-0.39, 0.29) is 75.7 Å². The van der Waals surface area contributed by atoms with Gasteiger partial charge < -0.3 is 86.4 Å². The minimum Gasteiger partial charge on any atom is -0.508 e. The van der Waals surface area contributed by atoms with Crippen molar-refractivity contribution in [1.82, 2.24) is 41.8 Å². The van der Waals surface area contributed by atoms with E-state index >= 15 is 0 Å². The van der Waals surface area contributed by atoms with E-state index < -0.39 is 108 Å². The topological polar surface area (TPSA) is 449 Å². The molecule has 0 aliphatic carbocycles. The molecule has 21 N–H and O–H groups in total. The number of fused-ring (bicyclic) bond motifs is 1. The summed E-state index contributed by atoms with van der Waals surface area (Å²) in [6.07, 6.45) is -0.384. The first-order valence-corrected chi connectivity index (χ1v) is 24.1. The number of guanidine groups is 2. The first-order chi connectivity index (χ1) is 34.9. The van der Waals surface area contributed by atoms with Gasteiger partial charge in [-0.15, -0.1) is 0 Å². The van der Waals surface area contributed by atoms with Gasteiger partial charge in [0.15, 0.2) is 11.9 Å². The Morgan fingerprint density at radius 3 is 1.77 bits per heavy atom. The Morgan fingerprint density at radius 1 is 0.649 bits per heavy atom. The fourth-order valence-corrected chi connectivity index (χ4v) is 7.88. The summed E-state index contributed by atoms with van der Waals surface area (Å²) in [5, 5.41) is 37.5. The highest BCUT2D eigenvalue weighted by Gasteiger charge is 2.37. The summed E-state index contributed by atoms with van der Waals surface area (Å²) < 4.78 is 0. The zero-order valence-electron chi connectivity index (χ0n) is 42.4. The summed E-state index contributed by atoms with van der Waals surface area (Å²) in [5.41, 5.74) is 35.4. The van der Waals surface area contributed by atoms with E-state index in [4.69, 9.17) is 34.4 Å². The van der Waals surface area contributed by atoms with Crippen molar-refractivity contribution < 1.29 is 48.6 Å². The van der Waals surface area contributed by atoms with Crippen molar-refractivity contribution in [2.45, 2.75) is 121 Å². The molecule has 0 aliphatic rings. The first kappa shape index (κ1) is 60.3. The summed E-state index contributed by atoms with van der Waals surface area (Å²) in [6, 6.07) is 4.08. The largest absolute Gasteiger partial charge is 0.508 e. The van der Waals surface area contributed by atoms with Gasteiger partial charge in [0, 0.05) is 50.1 Å². The molecule has 0 fully saturated rings. The number of nitrogens with zero attached hydrogens (tertiary/aromatic N) is 3. The number of nitrogens with one attached hydrogen (secondary N) is 7. The second kappa shape index (κ2) is 29.5. The maximum atomic E-state index is 14.5. The molecular formula is C48H74N16O10. The number of primary amides is 2. The number of H-pyrrole nitrogens is 1. The second-order valence-electron chi connectivity index (χ2n) is 18.2. The van der Waals surface area contributed by atoms with Crippen LogP contribution in [0.5, 0.6) is 5.75 Å². The number of aromatic nitrogens is 1. The zero-order chi connectivity index (χ0) is 55.2. The number of aromatic amines is 1. The van der Waals surface area contributed by atoms with Crippen LogP contribution in [0.4, 0.5) is 0 Å². The van der Waals surface area contributed by atoms with Crippen molar-refractivity contribution in [1.29, 1.82) is 0 Å². The molecule has 0 bridgehead atoms. The molecule has 3 aromatic rings. The summed E-state index contributed by atoms with van der Waals surface area (Å²) >= 11 is 0. The lowest BCUT2D eigenvalue weighted by atomic mass is 10.00. The van der Waals surface area contributed by atoms with Crippen LogP contribution in [0.15, 0.2) is 64.7 Å². The maximum absolute atomic E-state index is 14.5. The molecule has 74 heavy (non-hydrogen) atoms. The number of aliphatic hydroxyl groups excluding tert-OH is 1. The van der Waals surface area contributed by atoms with Crippen molar-refractivity contribution in [3.63, 3.8) is 0 Å². The molecule has 3 rings (SSSR count). The zero-order valence-corrected chi connectivity index (χ0v) is 42.4. The van der Waals surface area contributed by atoms with Gasteiger partial charge in [-0.3, -0.25) is 48.3 Å². The second-order valence-corrected chi connectivity index (χ2v) is 18.2. The number of aliphatic hydroxyl groups is 1. The van der Waals surface area contributed by atoms with Crippen molar-refractivity contribution >= 4 is 70.1 Å². The number of likely N-dealkylation sites (N-methyl/N-ethyl adjacent to an activating group) is 2. The van der Waals surface area contributed by atoms with Crippen LogP contribution in [0.1, 0.15) is 70.4 Å². The lowest BCUT2D eigenvalue weighted by molar-refractivity contribution is -0.143. The van der Waals surface area contributed by atoms with E-state index in [1.165, 1.54) is 38.2 Å². The van der Waals surface area contributed by atoms with Crippen LogP contribution in [0.3, 0.4) is 0 Å². The fourth-order valence-electron chi connectivity index (χ4n) is 7.88. The van der Waals surface area contributed by atoms with Crippen LogP contribution in [0.2, 0.25) is 0 Å². The summed E-state index contributed by atoms with van der Waals surface area (Å²) in [4.78, 5) is 121. The van der Waals surface area contributed by atoms with Gasteiger partial charge in [0.05, 0.1) is 12.1 Å². The van der Waals surface area contributed by atoms with Crippen molar-refractivity contribution in [3.05, 3.63) is 65.9 Å². The average molecular weight is 1040 g/mol. The molecule has 8 amide bonds. The number of benzene rings is 2. The van der Waals surface area contributed by atoms with Crippen LogP contribution >= 0.6 is 0 Å². The van der Waals surface area contributed by atoms with E-state index in [0.29, 0.717) is 5.56 Å². The van der Waals surface area contributed by atoms with Gasteiger partial charge in [-0.2, -0.15) is 0 Å². The third-order valence-corrected chi connectivity index (χ3v) is 12.0. The molecule has 0 unspecified atom stereocenters. The van der Waals surface area contributed by atoms with E-state index in [9.17, 15) is 48.6 Å².